The van der Waals surface area contributed by atoms with Crippen LogP contribution in [0.3, 0.4) is 0 Å². The number of hydrogen-bond donors (Lipinski definition) is 0. The second kappa shape index (κ2) is 8.60. The van der Waals surface area contributed by atoms with Crippen molar-refractivity contribution in [2.45, 2.75) is 13.8 Å². The van der Waals surface area contributed by atoms with Gasteiger partial charge >= 0.3 is 0 Å². The first-order valence-corrected chi connectivity index (χ1v) is 9.81. The first-order chi connectivity index (χ1) is 13.3. The molecule has 0 saturated carbocycles. The van der Waals surface area contributed by atoms with Crippen LogP contribution < -0.4 is 9.64 Å². The highest BCUT2D eigenvalue weighted by Crippen LogP contribution is 2.26. The summed E-state index contributed by atoms with van der Waals surface area (Å²) < 4.78 is 6.76. The summed E-state index contributed by atoms with van der Waals surface area (Å²) in [6.45, 7) is 6.50. The Morgan fingerprint density at radius 1 is 1.11 bits per heavy atom. The normalized spacial score (nSPS) is 14.1. The maximum atomic E-state index is 12.5. The molecule has 28 heavy (non-hydrogen) atoms. The highest BCUT2D eigenvalue weighted by atomic mass is 79.9. The summed E-state index contributed by atoms with van der Waals surface area (Å²) in [5, 5.41) is 10.8. The number of carbonyl (C=O) groups is 1. The minimum absolute atomic E-state index is 0.0133. The minimum atomic E-state index is -0.408. The average molecular weight is 448 g/mol. The molecule has 7 nitrogen and oxygen atoms in total. The Balaban J connectivity index is 1.52. The molecule has 0 radical (unpaired) electrons. The van der Waals surface area contributed by atoms with E-state index in [1.807, 2.05) is 26.0 Å². The number of nitrogens with zero attached hydrogens (tertiary/aromatic N) is 3. The van der Waals surface area contributed by atoms with Crippen molar-refractivity contribution < 1.29 is 14.5 Å². The lowest BCUT2D eigenvalue weighted by Gasteiger charge is -2.36. The maximum Gasteiger partial charge on any atom is 0.269 e. The van der Waals surface area contributed by atoms with Crippen LogP contribution in [0.4, 0.5) is 11.4 Å². The molecule has 2 aromatic carbocycles. The summed E-state index contributed by atoms with van der Waals surface area (Å²) in [4.78, 5) is 26.8. The van der Waals surface area contributed by atoms with Crippen LogP contribution in [0.1, 0.15) is 11.1 Å². The standard InChI is InChI=1S/C20H22BrN3O4/c1-14-12-19(15(2)11-18(14)21)28-13-20(25)23-9-7-22(8-10-23)16-3-5-17(6-4-16)24(26)27/h3-6,11-12H,7-10,13H2,1-2H3. The number of carbonyl (C=O) groups excluding carboxylic acids is 1. The number of nitro benzene ring substituents is 1. The summed E-state index contributed by atoms with van der Waals surface area (Å²) in [7, 11) is 0. The van der Waals surface area contributed by atoms with E-state index in [1.54, 1.807) is 17.0 Å². The molecular formula is C20H22BrN3O4. The van der Waals surface area contributed by atoms with Crippen molar-refractivity contribution in [1.82, 2.24) is 4.90 Å². The van der Waals surface area contributed by atoms with Crippen LogP contribution in [0, 0.1) is 24.0 Å². The van der Waals surface area contributed by atoms with Crippen molar-refractivity contribution in [3.05, 3.63) is 62.1 Å². The maximum absolute atomic E-state index is 12.5. The molecule has 3 rings (SSSR count). The van der Waals surface area contributed by atoms with E-state index >= 15 is 0 Å². The molecular weight excluding hydrogens is 426 g/mol. The zero-order valence-corrected chi connectivity index (χ0v) is 17.4. The Hall–Kier alpha value is -2.61. The lowest BCUT2D eigenvalue weighted by molar-refractivity contribution is -0.384. The van der Waals surface area contributed by atoms with Gasteiger partial charge in [0.2, 0.25) is 0 Å². The van der Waals surface area contributed by atoms with Crippen molar-refractivity contribution in [2.24, 2.45) is 0 Å². The fourth-order valence-electron chi connectivity index (χ4n) is 3.14. The minimum Gasteiger partial charge on any atom is -0.483 e. The highest BCUT2D eigenvalue weighted by molar-refractivity contribution is 9.10. The highest BCUT2D eigenvalue weighted by Gasteiger charge is 2.22. The molecule has 148 valence electrons. The zero-order valence-electron chi connectivity index (χ0n) is 15.9. The molecule has 0 aromatic heterocycles. The molecule has 1 aliphatic heterocycles. The van der Waals surface area contributed by atoms with Gasteiger partial charge in [-0.25, -0.2) is 0 Å². The third-order valence-corrected chi connectivity index (χ3v) is 5.72. The second-order valence-corrected chi connectivity index (χ2v) is 7.65. The molecule has 1 amide bonds. The number of benzene rings is 2. The van der Waals surface area contributed by atoms with Gasteiger partial charge in [0.1, 0.15) is 5.75 Å². The number of anilines is 1. The number of hydrogen-bond acceptors (Lipinski definition) is 5. The molecule has 0 atom stereocenters. The molecule has 1 fully saturated rings. The quantitative estimate of drug-likeness (QED) is 0.515. The van der Waals surface area contributed by atoms with Gasteiger partial charge in [0.05, 0.1) is 4.92 Å². The number of amides is 1. The molecule has 0 bridgehead atoms. The van der Waals surface area contributed by atoms with Crippen LogP contribution in [0.2, 0.25) is 0 Å². The predicted molar refractivity (Wildman–Crippen MR) is 111 cm³/mol. The van der Waals surface area contributed by atoms with Crippen LogP contribution in [0.5, 0.6) is 5.75 Å². The van der Waals surface area contributed by atoms with E-state index in [1.165, 1.54) is 12.1 Å². The van der Waals surface area contributed by atoms with Crippen molar-refractivity contribution in [1.29, 1.82) is 0 Å². The van der Waals surface area contributed by atoms with E-state index in [2.05, 4.69) is 20.8 Å². The molecule has 1 heterocycles. The van der Waals surface area contributed by atoms with Crippen LogP contribution in [0.15, 0.2) is 40.9 Å². The van der Waals surface area contributed by atoms with Gasteiger partial charge < -0.3 is 14.5 Å². The van der Waals surface area contributed by atoms with Crippen molar-refractivity contribution in [3.63, 3.8) is 0 Å². The largest absolute Gasteiger partial charge is 0.483 e. The third-order valence-electron chi connectivity index (χ3n) is 4.87. The van der Waals surface area contributed by atoms with Gasteiger partial charge in [0, 0.05) is 48.5 Å². The van der Waals surface area contributed by atoms with E-state index in [0.717, 1.165) is 27.0 Å². The lowest BCUT2D eigenvalue weighted by Crippen LogP contribution is -2.50. The van der Waals surface area contributed by atoms with Crippen molar-refractivity contribution in [3.8, 4) is 5.75 Å². The first kappa shape index (κ1) is 20.1. The van der Waals surface area contributed by atoms with Crippen LogP contribution in [0.25, 0.3) is 0 Å². The number of rotatable bonds is 5. The zero-order chi connectivity index (χ0) is 20.3. The monoisotopic (exact) mass is 447 g/mol. The topological polar surface area (TPSA) is 75.9 Å². The summed E-state index contributed by atoms with van der Waals surface area (Å²) in [5.74, 6) is 0.682. The summed E-state index contributed by atoms with van der Waals surface area (Å²) in [6, 6.07) is 10.4. The van der Waals surface area contributed by atoms with E-state index in [9.17, 15) is 14.9 Å². The number of piperazine rings is 1. The Kier molecular flexibility index (Phi) is 6.18. The fraction of sp³-hybridized carbons (Fsp3) is 0.350. The Morgan fingerprint density at radius 3 is 2.36 bits per heavy atom. The Labute approximate surface area is 172 Å². The molecule has 0 aliphatic carbocycles. The van der Waals surface area contributed by atoms with Gasteiger partial charge in [-0.2, -0.15) is 0 Å². The van der Waals surface area contributed by atoms with Crippen molar-refractivity contribution >= 4 is 33.2 Å². The van der Waals surface area contributed by atoms with Gasteiger partial charge in [-0.1, -0.05) is 15.9 Å². The number of nitro groups is 1. The van der Waals surface area contributed by atoms with E-state index in [-0.39, 0.29) is 18.2 Å². The molecule has 1 aliphatic rings. The average Bonchev–Trinajstić information content (AvgIpc) is 2.69. The molecule has 8 heteroatoms. The van der Waals surface area contributed by atoms with Gasteiger partial charge in [-0.3, -0.25) is 14.9 Å². The van der Waals surface area contributed by atoms with E-state index in [4.69, 9.17) is 4.74 Å². The summed E-state index contributed by atoms with van der Waals surface area (Å²) in [5.41, 5.74) is 3.04. The lowest BCUT2D eigenvalue weighted by atomic mass is 10.1. The number of ether oxygens (including phenoxy) is 1. The van der Waals surface area contributed by atoms with E-state index < -0.39 is 4.92 Å². The summed E-state index contributed by atoms with van der Waals surface area (Å²) >= 11 is 3.49. The first-order valence-electron chi connectivity index (χ1n) is 9.02. The van der Waals surface area contributed by atoms with Crippen LogP contribution in [-0.2, 0) is 4.79 Å². The third kappa shape index (κ3) is 4.62. The predicted octanol–water partition coefficient (Wildman–Crippen LogP) is 3.70. The molecule has 0 unspecified atom stereocenters. The smallest absolute Gasteiger partial charge is 0.269 e. The van der Waals surface area contributed by atoms with Crippen LogP contribution >= 0.6 is 15.9 Å². The molecule has 0 spiro atoms. The number of halogens is 1. The number of aryl methyl sites for hydroxylation is 2. The van der Waals surface area contributed by atoms with Crippen molar-refractivity contribution in [2.75, 3.05) is 37.7 Å². The Morgan fingerprint density at radius 2 is 1.75 bits per heavy atom. The number of non-ortho nitro benzene ring substituents is 1. The van der Waals surface area contributed by atoms with Crippen LogP contribution in [-0.4, -0.2) is 48.5 Å². The van der Waals surface area contributed by atoms with Gasteiger partial charge in [-0.05, 0) is 49.2 Å². The molecule has 0 N–H and O–H groups in total. The SMILES string of the molecule is Cc1cc(OCC(=O)N2CCN(c3ccc([N+](=O)[O-])cc3)CC2)c(C)cc1Br. The Bertz CT molecular complexity index is 878. The van der Waals surface area contributed by atoms with E-state index in [0.29, 0.717) is 26.2 Å². The summed E-state index contributed by atoms with van der Waals surface area (Å²) in [6.07, 6.45) is 0. The van der Waals surface area contributed by atoms with Gasteiger partial charge in [-0.15, -0.1) is 0 Å². The fourth-order valence-corrected chi connectivity index (χ4v) is 3.60. The molecule has 1 saturated heterocycles. The van der Waals surface area contributed by atoms with Gasteiger partial charge in [0.25, 0.3) is 11.6 Å². The van der Waals surface area contributed by atoms with Gasteiger partial charge in [0.15, 0.2) is 6.61 Å². The molecule has 2 aromatic rings. The second-order valence-electron chi connectivity index (χ2n) is 6.80.